The molecule has 146 valence electrons. The van der Waals surface area contributed by atoms with Crippen molar-refractivity contribution in [2.45, 2.75) is 19.8 Å². The van der Waals surface area contributed by atoms with Crippen LogP contribution in [0.4, 0.5) is 0 Å². The van der Waals surface area contributed by atoms with Gasteiger partial charge in [-0.1, -0.05) is 37.0 Å². The molecule has 28 heavy (non-hydrogen) atoms. The number of H-pyrrole nitrogens is 1. The molecule has 10 heteroatoms. The van der Waals surface area contributed by atoms with Crippen LogP contribution in [0.5, 0.6) is 11.5 Å². The number of rotatable bonds is 4. The Bertz CT molecular complexity index is 1200. The Labute approximate surface area is 168 Å². The normalized spacial score (nSPS) is 11.1. The fraction of sp³-hybridized carbons (Fsp3) is 0.222. The Kier molecular flexibility index (Phi) is 5.44. The summed E-state index contributed by atoms with van der Waals surface area (Å²) in [6.45, 7) is 3.77. The van der Waals surface area contributed by atoms with Crippen LogP contribution < -0.4 is 21.5 Å². The van der Waals surface area contributed by atoms with E-state index in [0.717, 1.165) is 15.4 Å². The van der Waals surface area contributed by atoms with Crippen LogP contribution in [-0.4, -0.2) is 19.3 Å². The highest BCUT2D eigenvalue weighted by atomic mass is 35.5. The largest absolute Gasteiger partial charge is 0.453 e. The Morgan fingerprint density at radius 3 is 2.36 bits per heavy atom. The van der Waals surface area contributed by atoms with E-state index in [1.54, 1.807) is 6.07 Å². The van der Waals surface area contributed by atoms with Gasteiger partial charge >= 0.3 is 5.69 Å². The smallest absolute Gasteiger partial charge is 0.351 e. The lowest BCUT2D eigenvalue weighted by molar-refractivity contribution is 0.478. The molecule has 0 spiro atoms. The molecule has 3 aromatic rings. The van der Waals surface area contributed by atoms with Gasteiger partial charge in [-0.25, -0.2) is 14.0 Å². The van der Waals surface area contributed by atoms with Crippen molar-refractivity contribution in [1.29, 1.82) is 0 Å². The molecule has 0 bridgehead atoms. The molecule has 0 aliphatic heterocycles. The maximum absolute atomic E-state index is 12.2. The van der Waals surface area contributed by atoms with Crippen molar-refractivity contribution in [3.63, 3.8) is 0 Å². The Balaban J connectivity index is 2.06. The Morgan fingerprint density at radius 1 is 1.11 bits per heavy atom. The third-order valence-electron chi connectivity index (χ3n) is 4.02. The third-order valence-corrected chi connectivity index (χ3v) is 4.58. The van der Waals surface area contributed by atoms with Gasteiger partial charge < -0.3 is 9.72 Å². The highest BCUT2D eigenvalue weighted by Gasteiger charge is 2.16. The molecule has 8 nitrogen and oxygen atoms in total. The number of pyridine rings is 1. The summed E-state index contributed by atoms with van der Waals surface area (Å²) in [7, 11) is 1.42. The Morgan fingerprint density at radius 2 is 1.75 bits per heavy atom. The number of nitrogens with zero attached hydrogens (tertiary/aromatic N) is 3. The van der Waals surface area contributed by atoms with Crippen LogP contribution >= 0.6 is 23.2 Å². The Hall–Kier alpha value is -2.84. The molecule has 1 aromatic carbocycles. The molecule has 0 radical (unpaired) electrons. The van der Waals surface area contributed by atoms with Gasteiger partial charge in [0.15, 0.2) is 5.75 Å². The highest BCUT2D eigenvalue weighted by molar-refractivity contribution is 6.37. The summed E-state index contributed by atoms with van der Waals surface area (Å²) in [6.07, 6.45) is 2.42. The molecule has 0 aliphatic rings. The molecular formula is C18H16Cl2N4O4. The minimum absolute atomic E-state index is 0.00426. The first-order chi connectivity index (χ1) is 13.2. The number of aromatic nitrogens is 4. The monoisotopic (exact) mass is 422 g/mol. The van der Waals surface area contributed by atoms with Crippen LogP contribution in [0.2, 0.25) is 10.0 Å². The van der Waals surface area contributed by atoms with Gasteiger partial charge in [0, 0.05) is 18.8 Å². The van der Waals surface area contributed by atoms with Crippen LogP contribution in [0.3, 0.4) is 0 Å². The van der Waals surface area contributed by atoms with Gasteiger partial charge in [-0.05, 0) is 24.1 Å². The maximum atomic E-state index is 12.2. The summed E-state index contributed by atoms with van der Waals surface area (Å²) in [5.74, 6) is 0.472. The lowest BCUT2D eigenvalue weighted by Gasteiger charge is -2.13. The molecule has 2 heterocycles. The predicted molar refractivity (Wildman–Crippen MR) is 106 cm³/mol. The highest BCUT2D eigenvalue weighted by Crippen LogP contribution is 2.38. The van der Waals surface area contributed by atoms with Crippen LogP contribution in [0, 0.1) is 0 Å². The van der Waals surface area contributed by atoms with Gasteiger partial charge in [0.25, 0.3) is 11.1 Å². The SMILES string of the molecule is CC(C)c1cc(Oc2c(Cl)cc(-n3c(=O)cnn(C)c3=O)cc2Cl)c[nH]c1=O. The molecule has 0 unspecified atom stereocenters. The molecule has 3 rings (SSSR count). The van der Waals surface area contributed by atoms with E-state index in [1.165, 1.54) is 25.4 Å². The van der Waals surface area contributed by atoms with Crippen molar-refractivity contribution in [2.24, 2.45) is 7.05 Å². The zero-order valence-electron chi connectivity index (χ0n) is 15.2. The molecule has 0 aliphatic carbocycles. The number of halogens is 2. The van der Waals surface area contributed by atoms with Crippen LogP contribution in [0.1, 0.15) is 25.3 Å². The van der Waals surface area contributed by atoms with Crippen molar-refractivity contribution >= 4 is 23.2 Å². The van der Waals surface area contributed by atoms with Gasteiger partial charge in [-0.15, -0.1) is 0 Å². The quantitative estimate of drug-likeness (QED) is 0.696. The second-order valence-corrected chi connectivity index (χ2v) is 7.15. The van der Waals surface area contributed by atoms with E-state index in [-0.39, 0.29) is 33.0 Å². The van der Waals surface area contributed by atoms with Crippen LogP contribution in [0.15, 0.2) is 45.0 Å². The summed E-state index contributed by atoms with van der Waals surface area (Å²) in [5, 5.41) is 3.84. The topological polar surface area (TPSA) is 99.0 Å². The molecule has 0 saturated carbocycles. The van der Waals surface area contributed by atoms with Gasteiger partial charge in [0.05, 0.1) is 15.7 Å². The fourth-order valence-electron chi connectivity index (χ4n) is 2.58. The van der Waals surface area contributed by atoms with E-state index in [2.05, 4.69) is 10.1 Å². The average molecular weight is 423 g/mol. The molecule has 0 amide bonds. The van der Waals surface area contributed by atoms with Crippen LogP contribution in [-0.2, 0) is 7.05 Å². The summed E-state index contributed by atoms with van der Waals surface area (Å²) in [5.41, 5.74) is -0.739. The number of hydrogen-bond acceptors (Lipinski definition) is 5. The van der Waals surface area contributed by atoms with E-state index < -0.39 is 11.2 Å². The van der Waals surface area contributed by atoms with E-state index >= 15 is 0 Å². The minimum Gasteiger partial charge on any atom is -0.453 e. The first-order valence-corrected chi connectivity index (χ1v) is 9.00. The molecule has 0 atom stereocenters. The van der Waals surface area contributed by atoms with Crippen molar-refractivity contribution in [3.8, 4) is 17.2 Å². The van der Waals surface area contributed by atoms with Gasteiger partial charge in [-0.3, -0.25) is 9.59 Å². The van der Waals surface area contributed by atoms with Gasteiger partial charge in [-0.2, -0.15) is 5.10 Å². The predicted octanol–water partition coefficient (Wildman–Crippen LogP) is 2.84. The maximum Gasteiger partial charge on any atom is 0.351 e. The van der Waals surface area contributed by atoms with E-state index in [0.29, 0.717) is 11.3 Å². The second-order valence-electron chi connectivity index (χ2n) is 6.34. The molecule has 2 aromatic heterocycles. The minimum atomic E-state index is -0.643. The van der Waals surface area contributed by atoms with Crippen molar-refractivity contribution in [3.05, 3.63) is 77.4 Å². The number of aryl methyl sites for hydroxylation is 1. The second kappa shape index (κ2) is 7.65. The molecular weight excluding hydrogens is 407 g/mol. The molecule has 0 saturated heterocycles. The van der Waals surface area contributed by atoms with E-state index in [4.69, 9.17) is 27.9 Å². The summed E-state index contributed by atoms with van der Waals surface area (Å²) in [4.78, 5) is 38.8. The fourth-order valence-corrected chi connectivity index (χ4v) is 3.13. The first-order valence-electron chi connectivity index (χ1n) is 8.24. The zero-order chi connectivity index (χ0) is 20.6. The number of hydrogen-bond donors (Lipinski definition) is 1. The number of benzene rings is 1. The molecule has 0 fully saturated rings. The van der Waals surface area contributed by atoms with Crippen molar-refractivity contribution in [2.75, 3.05) is 0 Å². The lowest BCUT2D eigenvalue weighted by atomic mass is 10.1. The van der Waals surface area contributed by atoms with Crippen molar-refractivity contribution in [1.82, 2.24) is 19.3 Å². The van der Waals surface area contributed by atoms with Gasteiger partial charge in [0.2, 0.25) is 0 Å². The van der Waals surface area contributed by atoms with Crippen molar-refractivity contribution < 1.29 is 4.74 Å². The van der Waals surface area contributed by atoms with E-state index in [1.807, 2.05) is 13.8 Å². The summed E-state index contributed by atoms with van der Waals surface area (Å²) >= 11 is 12.6. The lowest BCUT2D eigenvalue weighted by Crippen LogP contribution is -2.38. The summed E-state index contributed by atoms with van der Waals surface area (Å²) in [6, 6.07) is 4.38. The summed E-state index contributed by atoms with van der Waals surface area (Å²) < 4.78 is 7.65. The first kappa shape index (κ1) is 19.9. The van der Waals surface area contributed by atoms with Gasteiger partial charge in [0.1, 0.15) is 11.9 Å². The number of nitrogens with one attached hydrogen (secondary N) is 1. The van der Waals surface area contributed by atoms with Crippen LogP contribution in [0.25, 0.3) is 5.69 Å². The zero-order valence-corrected chi connectivity index (χ0v) is 16.7. The molecule has 1 N–H and O–H groups in total. The number of ether oxygens (including phenoxy) is 1. The number of aromatic amines is 1. The van der Waals surface area contributed by atoms with E-state index in [9.17, 15) is 14.4 Å². The standard InChI is InChI=1S/C18H16Cl2N4O4/c1-9(2)12-6-11(7-21-17(12)26)28-16-13(19)4-10(5-14(16)20)24-15(25)8-22-23(3)18(24)27/h4-9H,1-3H3,(H,21,26). The third kappa shape index (κ3) is 3.74. The average Bonchev–Trinajstić information content (AvgIpc) is 2.62.